The van der Waals surface area contributed by atoms with Crippen LogP contribution in [-0.2, 0) is 0 Å². The molecular formula is C11H9ClN2. The smallest absolute Gasteiger partial charge is 0.129 e. The highest BCUT2D eigenvalue weighted by atomic mass is 35.5. The lowest BCUT2D eigenvalue weighted by atomic mass is 10.1. The Morgan fingerprint density at radius 2 is 2.07 bits per heavy atom. The van der Waals surface area contributed by atoms with Crippen LogP contribution in [0, 0.1) is 6.92 Å². The van der Waals surface area contributed by atoms with Crippen LogP contribution in [0.5, 0.6) is 0 Å². The quantitative estimate of drug-likeness (QED) is 0.667. The Balaban J connectivity index is 2.49. The number of rotatable bonds is 1. The van der Waals surface area contributed by atoms with Gasteiger partial charge in [0.1, 0.15) is 5.15 Å². The van der Waals surface area contributed by atoms with Gasteiger partial charge in [-0.15, -0.1) is 0 Å². The molecule has 0 aromatic carbocycles. The molecule has 0 saturated heterocycles. The second-order valence-corrected chi connectivity index (χ2v) is 3.42. The SMILES string of the molecule is Cc1cc(-c2cccc(Cl)n2)ccn1. The van der Waals surface area contributed by atoms with Crippen molar-refractivity contribution in [2.45, 2.75) is 6.92 Å². The lowest BCUT2D eigenvalue weighted by molar-refractivity contribution is 1.19. The Kier molecular flexibility index (Phi) is 2.46. The van der Waals surface area contributed by atoms with Crippen molar-refractivity contribution in [2.75, 3.05) is 0 Å². The molecule has 70 valence electrons. The van der Waals surface area contributed by atoms with Crippen LogP contribution in [-0.4, -0.2) is 9.97 Å². The third kappa shape index (κ3) is 1.91. The summed E-state index contributed by atoms with van der Waals surface area (Å²) in [5.41, 5.74) is 2.90. The Bertz CT molecular complexity index is 411. The first-order valence-corrected chi connectivity index (χ1v) is 4.69. The molecule has 0 aliphatic carbocycles. The lowest BCUT2D eigenvalue weighted by Crippen LogP contribution is -1.86. The zero-order valence-electron chi connectivity index (χ0n) is 7.74. The van der Waals surface area contributed by atoms with Crippen LogP contribution in [0.3, 0.4) is 0 Å². The van der Waals surface area contributed by atoms with E-state index in [1.54, 1.807) is 12.3 Å². The van der Waals surface area contributed by atoms with Crippen LogP contribution in [0.1, 0.15) is 5.69 Å². The topological polar surface area (TPSA) is 25.8 Å². The van der Waals surface area contributed by atoms with Crippen molar-refractivity contribution in [2.24, 2.45) is 0 Å². The molecule has 0 N–H and O–H groups in total. The van der Waals surface area contributed by atoms with Crippen molar-refractivity contribution < 1.29 is 0 Å². The normalized spacial score (nSPS) is 10.1. The number of hydrogen-bond acceptors (Lipinski definition) is 2. The van der Waals surface area contributed by atoms with Crippen molar-refractivity contribution in [1.29, 1.82) is 0 Å². The number of halogens is 1. The number of hydrogen-bond donors (Lipinski definition) is 0. The third-order valence-corrected chi connectivity index (χ3v) is 2.12. The van der Waals surface area contributed by atoms with E-state index in [1.165, 1.54) is 0 Å². The molecule has 0 bridgehead atoms. The van der Waals surface area contributed by atoms with E-state index in [4.69, 9.17) is 11.6 Å². The monoisotopic (exact) mass is 204 g/mol. The van der Waals surface area contributed by atoms with E-state index in [0.29, 0.717) is 5.15 Å². The van der Waals surface area contributed by atoms with Gasteiger partial charge < -0.3 is 0 Å². The van der Waals surface area contributed by atoms with Gasteiger partial charge in [-0.25, -0.2) is 4.98 Å². The summed E-state index contributed by atoms with van der Waals surface area (Å²) in [6.45, 7) is 1.95. The predicted octanol–water partition coefficient (Wildman–Crippen LogP) is 3.11. The predicted molar refractivity (Wildman–Crippen MR) is 57.2 cm³/mol. The number of nitrogens with zero attached hydrogens (tertiary/aromatic N) is 2. The average Bonchev–Trinajstić information content (AvgIpc) is 2.18. The molecule has 2 aromatic rings. The maximum Gasteiger partial charge on any atom is 0.129 e. The Labute approximate surface area is 87.6 Å². The molecule has 0 aliphatic heterocycles. The van der Waals surface area contributed by atoms with Crippen LogP contribution >= 0.6 is 11.6 Å². The minimum atomic E-state index is 0.511. The number of pyridine rings is 2. The minimum Gasteiger partial charge on any atom is -0.262 e. The molecule has 3 heteroatoms. The largest absolute Gasteiger partial charge is 0.262 e. The Hall–Kier alpha value is -1.41. The highest BCUT2D eigenvalue weighted by molar-refractivity contribution is 6.29. The molecule has 0 fully saturated rings. The van der Waals surface area contributed by atoms with Crippen LogP contribution in [0.4, 0.5) is 0 Å². The van der Waals surface area contributed by atoms with Gasteiger partial charge in [-0.1, -0.05) is 17.7 Å². The molecule has 2 heterocycles. The van der Waals surface area contributed by atoms with Gasteiger partial charge in [0.2, 0.25) is 0 Å². The highest BCUT2D eigenvalue weighted by Gasteiger charge is 1.99. The summed E-state index contributed by atoms with van der Waals surface area (Å²) in [5.74, 6) is 0. The fourth-order valence-corrected chi connectivity index (χ4v) is 1.44. The van der Waals surface area contributed by atoms with Gasteiger partial charge in [-0.05, 0) is 31.2 Å². The summed E-state index contributed by atoms with van der Waals surface area (Å²) >= 11 is 5.81. The van der Waals surface area contributed by atoms with Crippen molar-refractivity contribution in [3.8, 4) is 11.3 Å². The summed E-state index contributed by atoms with van der Waals surface area (Å²) in [6, 6.07) is 9.49. The van der Waals surface area contributed by atoms with Crippen molar-refractivity contribution >= 4 is 11.6 Å². The van der Waals surface area contributed by atoms with Gasteiger partial charge in [0.15, 0.2) is 0 Å². The molecule has 0 amide bonds. The fourth-order valence-electron chi connectivity index (χ4n) is 1.27. The molecule has 2 nitrogen and oxygen atoms in total. The van der Waals surface area contributed by atoms with Crippen LogP contribution < -0.4 is 0 Å². The average molecular weight is 205 g/mol. The molecule has 2 rings (SSSR count). The zero-order valence-corrected chi connectivity index (χ0v) is 8.49. The lowest BCUT2D eigenvalue weighted by Gasteiger charge is -2.01. The summed E-state index contributed by atoms with van der Waals surface area (Å²) in [7, 11) is 0. The van der Waals surface area contributed by atoms with E-state index in [-0.39, 0.29) is 0 Å². The number of aromatic nitrogens is 2. The second-order valence-electron chi connectivity index (χ2n) is 3.03. The second kappa shape index (κ2) is 3.76. The molecule has 0 unspecified atom stereocenters. The van der Waals surface area contributed by atoms with Crippen molar-refractivity contribution in [3.63, 3.8) is 0 Å². The van der Waals surface area contributed by atoms with E-state index >= 15 is 0 Å². The Morgan fingerprint density at radius 1 is 1.21 bits per heavy atom. The highest BCUT2D eigenvalue weighted by Crippen LogP contribution is 2.18. The van der Waals surface area contributed by atoms with E-state index in [9.17, 15) is 0 Å². The molecule has 0 aliphatic rings. The third-order valence-electron chi connectivity index (χ3n) is 1.91. The molecule has 0 atom stereocenters. The molecule has 0 radical (unpaired) electrons. The van der Waals surface area contributed by atoms with Gasteiger partial charge in [-0.3, -0.25) is 4.98 Å². The first kappa shape index (κ1) is 9.16. The fraction of sp³-hybridized carbons (Fsp3) is 0.0909. The van der Waals surface area contributed by atoms with E-state index in [2.05, 4.69) is 9.97 Å². The van der Waals surface area contributed by atoms with E-state index in [1.807, 2.05) is 31.2 Å². The Morgan fingerprint density at radius 3 is 2.79 bits per heavy atom. The van der Waals surface area contributed by atoms with Crippen molar-refractivity contribution in [3.05, 3.63) is 47.4 Å². The van der Waals surface area contributed by atoms with Crippen LogP contribution in [0.2, 0.25) is 5.15 Å². The summed E-state index contributed by atoms with van der Waals surface area (Å²) in [6.07, 6.45) is 1.77. The first-order valence-electron chi connectivity index (χ1n) is 4.31. The zero-order chi connectivity index (χ0) is 9.97. The molecular weight excluding hydrogens is 196 g/mol. The van der Waals surface area contributed by atoms with Crippen LogP contribution in [0.25, 0.3) is 11.3 Å². The standard InChI is InChI=1S/C11H9ClN2/c1-8-7-9(5-6-13-8)10-3-2-4-11(12)14-10/h2-7H,1H3. The van der Waals surface area contributed by atoms with Gasteiger partial charge in [-0.2, -0.15) is 0 Å². The van der Waals surface area contributed by atoms with Gasteiger partial charge in [0, 0.05) is 17.5 Å². The maximum atomic E-state index is 5.81. The van der Waals surface area contributed by atoms with Gasteiger partial charge >= 0.3 is 0 Å². The van der Waals surface area contributed by atoms with E-state index in [0.717, 1.165) is 17.0 Å². The van der Waals surface area contributed by atoms with Gasteiger partial charge in [0.05, 0.1) is 5.69 Å². The summed E-state index contributed by atoms with van der Waals surface area (Å²) in [4.78, 5) is 8.35. The van der Waals surface area contributed by atoms with Gasteiger partial charge in [0.25, 0.3) is 0 Å². The molecule has 14 heavy (non-hydrogen) atoms. The minimum absolute atomic E-state index is 0.511. The molecule has 2 aromatic heterocycles. The summed E-state index contributed by atoms with van der Waals surface area (Å²) < 4.78 is 0. The molecule has 0 spiro atoms. The number of aryl methyl sites for hydroxylation is 1. The first-order chi connectivity index (χ1) is 6.75. The maximum absolute atomic E-state index is 5.81. The van der Waals surface area contributed by atoms with Crippen molar-refractivity contribution in [1.82, 2.24) is 9.97 Å². The molecule has 0 saturated carbocycles. The van der Waals surface area contributed by atoms with Crippen LogP contribution in [0.15, 0.2) is 36.5 Å². The van der Waals surface area contributed by atoms with E-state index < -0.39 is 0 Å². The summed E-state index contributed by atoms with van der Waals surface area (Å²) in [5, 5.41) is 0.511.